The first kappa shape index (κ1) is 20.4. The summed E-state index contributed by atoms with van der Waals surface area (Å²) in [6.45, 7) is 5.50. The van der Waals surface area contributed by atoms with Gasteiger partial charge in [0, 0.05) is 6.42 Å². The van der Waals surface area contributed by atoms with Gasteiger partial charge in [-0.1, -0.05) is 64.9 Å². The minimum Gasteiger partial charge on any atom is -0.435 e. The zero-order valence-corrected chi connectivity index (χ0v) is 13.9. The van der Waals surface area contributed by atoms with Gasteiger partial charge in [0.2, 0.25) is 0 Å². The second kappa shape index (κ2) is 15.8. The van der Waals surface area contributed by atoms with Crippen molar-refractivity contribution >= 4 is 11.9 Å². The van der Waals surface area contributed by atoms with Gasteiger partial charge in [0.1, 0.15) is 0 Å². The van der Waals surface area contributed by atoms with Gasteiger partial charge in [0.25, 0.3) is 0 Å². The lowest BCUT2D eigenvalue weighted by Gasteiger charge is -2.02. The van der Waals surface area contributed by atoms with Crippen LogP contribution in [0.15, 0.2) is 25.2 Å². The Bertz CT molecular complexity index is 334. The Morgan fingerprint density at radius 2 is 1.45 bits per heavy atom. The van der Waals surface area contributed by atoms with E-state index < -0.39 is 5.97 Å². The second-order valence-electron chi connectivity index (χ2n) is 5.30. The first-order chi connectivity index (χ1) is 10.7. The van der Waals surface area contributed by atoms with Crippen LogP contribution in [0.5, 0.6) is 0 Å². The van der Waals surface area contributed by atoms with Crippen LogP contribution in [-0.4, -0.2) is 11.9 Å². The summed E-state index contributed by atoms with van der Waals surface area (Å²) >= 11 is 0. The summed E-state index contributed by atoms with van der Waals surface area (Å²) in [4.78, 5) is 22.4. The molecule has 0 bridgehead atoms. The minimum atomic E-state index is -0.429. The summed E-state index contributed by atoms with van der Waals surface area (Å²) in [5, 5.41) is 0. The van der Waals surface area contributed by atoms with Crippen LogP contribution in [0.3, 0.4) is 0 Å². The van der Waals surface area contributed by atoms with Crippen molar-refractivity contribution in [3.63, 3.8) is 0 Å². The Balaban J connectivity index is 3.37. The zero-order valence-electron chi connectivity index (χ0n) is 13.9. The number of rotatable bonds is 14. The van der Waals surface area contributed by atoms with Crippen LogP contribution in [0.4, 0.5) is 0 Å². The number of hydrogen-bond acceptors (Lipinski definition) is 4. The molecular weight excluding hydrogens is 280 g/mol. The van der Waals surface area contributed by atoms with E-state index in [1.165, 1.54) is 57.3 Å². The highest BCUT2D eigenvalue weighted by Gasteiger charge is 2.01. The van der Waals surface area contributed by atoms with Gasteiger partial charge in [-0.05, 0) is 12.5 Å². The second-order valence-corrected chi connectivity index (χ2v) is 5.30. The average molecular weight is 310 g/mol. The highest BCUT2D eigenvalue weighted by atomic mass is 16.5. The van der Waals surface area contributed by atoms with Crippen LogP contribution in [-0.2, 0) is 19.1 Å². The Labute approximate surface area is 134 Å². The van der Waals surface area contributed by atoms with Gasteiger partial charge in [0.15, 0.2) is 0 Å². The number of ether oxygens (including phenoxy) is 2. The fourth-order valence-electron chi connectivity index (χ4n) is 2.05. The Morgan fingerprint density at radius 3 is 2.05 bits per heavy atom. The molecule has 0 aliphatic heterocycles. The van der Waals surface area contributed by atoms with Crippen molar-refractivity contribution in [3.8, 4) is 0 Å². The molecule has 0 atom stereocenters. The van der Waals surface area contributed by atoms with Crippen molar-refractivity contribution in [3.05, 3.63) is 25.2 Å². The van der Waals surface area contributed by atoms with E-state index in [2.05, 4.69) is 18.2 Å². The topological polar surface area (TPSA) is 52.6 Å². The molecule has 0 rings (SSSR count). The summed E-state index contributed by atoms with van der Waals surface area (Å²) in [6, 6.07) is 0. The number of carbonyl (C=O) groups excluding carboxylic acids is 2. The molecule has 0 aliphatic carbocycles. The molecular formula is C18H30O4. The standard InChI is InChI=1S/C18H30O4/c1-3-5-6-7-8-9-10-11-12-14-18(20)22-16-13-15-17(19)21-4-2/h4,13,16H,2-3,5-12,14-15H2,1H3. The van der Waals surface area contributed by atoms with Crippen molar-refractivity contribution in [2.45, 2.75) is 77.6 Å². The molecule has 0 amide bonds. The predicted octanol–water partition coefficient (Wildman–Crippen LogP) is 5.04. The highest BCUT2D eigenvalue weighted by molar-refractivity contribution is 5.72. The van der Waals surface area contributed by atoms with E-state index in [-0.39, 0.29) is 12.4 Å². The van der Waals surface area contributed by atoms with E-state index >= 15 is 0 Å². The average Bonchev–Trinajstić information content (AvgIpc) is 2.50. The predicted molar refractivity (Wildman–Crippen MR) is 88.0 cm³/mol. The zero-order chi connectivity index (χ0) is 16.5. The summed E-state index contributed by atoms with van der Waals surface area (Å²) in [6.07, 6.45) is 15.2. The fourth-order valence-corrected chi connectivity index (χ4v) is 2.05. The quantitative estimate of drug-likeness (QED) is 0.256. The van der Waals surface area contributed by atoms with Crippen molar-refractivity contribution in [1.82, 2.24) is 0 Å². The molecule has 22 heavy (non-hydrogen) atoms. The summed E-state index contributed by atoms with van der Waals surface area (Å²) in [7, 11) is 0. The minimum absolute atomic E-state index is 0.0668. The molecule has 0 aromatic heterocycles. The van der Waals surface area contributed by atoms with Crippen LogP contribution in [0.2, 0.25) is 0 Å². The van der Waals surface area contributed by atoms with E-state index in [1.54, 1.807) is 0 Å². The first-order valence-corrected chi connectivity index (χ1v) is 8.35. The molecule has 0 aliphatic rings. The SMILES string of the molecule is C=COC(=O)CC=COC(=O)CCCCCCCCCCC. The molecule has 0 radical (unpaired) electrons. The molecule has 4 nitrogen and oxygen atoms in total. The number of carbonyl (C=O) groups is 2. The van der Waals surface area contributed by atoms with Gasteiger partial charge < -0.3 is 9.47 Å². The maximum Gasteiger partial charge on any atom is 0.314 e. The number of hydrogen-bond donors (Lipinski definition) is 0. The van der Waals surface area contributed by atoms with Crippen LogP contribution >= 0.6 is 0 Å². The van der Waals surface area contributed by atoms with E-state index in [0.29, 0.717) is 6.42 Å². The Morgan fingerprint density at radius 1 is 0.864 bits per heavy atom. The molecule has 0 unspecified atom stereocenters. The summed E-state index contributed by atoms with van der Waals surface area (Å²) in [5.74, 6) is -0.683. The maximum atomic E-state index is 11.4. The molecule has 0 saturated heterocycles. The van der Waals surface area contributed by atoms with Crippen molar-refractivity contribution in [2.24, 2.45) is 0 Å². The largest absolute Gasteiger partial charge is 0.435 e. The van der Waals surface area contributed by atoms with Crippen molar-refractivity contribution in [1.29, 1.82) is 0 Å². The van der Waals surface area contributed by atoms with Crippen molar-refractivity contribution in [2.75, 3.05) is 0 Å². The van der Waals surface area contributed by atoms with Gasteiger partial charge >= 0.3 is 11.9 Å². The summed E-state index contributed by atoms with van der Waals surface area (Å²) in [5.41, 5.74) is 0. The molecule has 0 heterocycles. The van der Waals surface area contributed by atoms with Crippen LogP contribution in [0, 0.1) is 0 Å². The number of esters is 2. The normalized spacial score (nSPS) is 10.6. The lowest BCUT2D eigenvalue weighted by Crippen LogP contribution is -2.00. The van der Waals surface area contributed by atoms with Crippen LogP contribution in [0.1, 0.15) is 77.6 Å². The molecule has 126 valence electrons. The van der Waals surface area contributed by atoms with E-state index in [1.807, 2.05) is 0 Å². The number of unbranched alkanes of at least 4 members (excludes halogenated alkanes) is 8. The molecule has 4 heteroatoms. The Kier molecular flexibility index (Phi) is 14.7. The lowest BCUT2D eigenvalue weighted by molar-refractivity contribution is -0.139. The highest BCUT2D eigenvalue weighted by Crippen LogP contribution is 2.10. The molecule has 0 fully saturated rings. The fraction of sp³-hybridized carbons (Fsp3) is 0.667. The van der Waals surface area contributed by atoms with Crippen molar-refractivity contribution < 1.29 is 19.1 Å². The van der Waals surface area contributed by atoms with Gasteiger partial charge in [0.05, 0.1) is 18.9 Å². The third-order valence-electron chi connectivity index (χ3n) is 3.28. The molecule has 0 N–H and O–H groups in total. The third kappa shape index (κ3) is 14.8. The van der Waals surface area contributed by atoms with Crippen LogP contribution in [0.25, 0.3) is 0 Å². The van der Waals surface area contributed by atoms with E-state index in [9.17, 15) is 9.59 Å². The monoisotopic (exact) mass is 310 g/mol. The summed E-state index contributed by atoms with van der Waals surface area (Å²) < 4.78 is 9.40. The molecule has 0 aromatic carbocycles. The maximum absolute atomic E-state index is 11.4. The smallest absolute Gasteiger partial charge is 0.314 e. The molecule has 0 spiro atoms. The van der Waals surface area contributed by atoms with Gasteiger partial charge in [-0.2, -0.15) is 0 Å². The third-order valence-corrected chi connectivity index (χ3v) is 3.28. The van der Waals surface area contributed by atoms with Gasteiger partial charge in [-0.25, -0.2) is 0 Å². The van der Waals surface area contributed by atoms with Gasteiger partial charge in [-0.3, -0.25) is 9.59 Å². The van der Waals surface area contributed by atoms with Crippen LogP contribution < -0.4 is 0 Å². The van der Waals surface area contributed by atoms with E-state index in [0.717, 1.165) is 19.1 Å². The Hall–Kier alpha value is -1.58. The molecule has 0 aromatic rings. The first-order valence-electron chi connectivity index (χ1n) is 8.35. The van der Waals surface area contributed by atoms with E-state index in [4.69, 9.17) is 4.74 Å². The van der Waals surface area contributed by atoms with Gasteiger partial charge in [-0.15, -0.1) is 0 Å². The molecule has 0 saturated carbocycles. The lowest BCUT2D eigenvalue weighted by atomic mass is 10.1.